The molecule has 5 nitrogen and oxygen atoms in total. The van der Waals surface area contributed by atoms with Crippen molar-refractivity contribution in [1.82, 2.24) is 15.3 Å². The van der Waals surface area contributed by atoms with E-state index in [1.165, 1.54) is 0 Å². The fraction of sp³-hybridized carbons (Fsp3) is 0.182. The lowest BCUT2D eigenvalue weighted by Gasteiger charge is -2.03. The Labute approximate surface area is 92.5 Å². The van der Waals surface area contributed by atoms with Gasteiger partial charge in [0.25, 0.3) is 0 Å². The predicted molar refractivity (Wildman–Crippen MR) is 59.2 cm³/mol. The van der Waals surface area contributed by atoms with Gasteiger partial charge in [0.15, 0.2) is 0 Å². The molecule has 2 aromatic rings. The summed E-state index contributed by atoms with van der Waals surface area (Å²) in [6.07, 6.45) is 1.08. The lowest BCUT2D eigenvalue weighted by Crippen LogP contribution is -2.26. The van der Waals surface area contributed by atoms with Crippen LogP contribution in [0.15, 0.2) is 30.5 Å². The van der Waals surface area contributed by atoms with Crippen LogP contribution >= 0.6 is 0 Å². The maximum Gasteiger partial charge on any atom is 0.415 e. The molecule has 2 rings (SSSR count). The maximum atomic E-state index is 11.1. The van der Waals surface area contributed by atoms with E-state index >= 15 is 0 Å². The zero-order valence-electron chi connectivity index (χ0n) is 8.80. The second-order valence-corrected chi connectivity index (χ2v) is 3.13. The number of carbonyl (C=O) groups is 1. The number of fused-ring (bicyclic) bond motifs is 1. The number of hydrogen-bond acceptors (Lipinski definition) is 4. The second-order valence-electron chi connectivity index (χ2n) is 3.13. The SMILES string of the molecule is CCNC(=O)Oc1ncc2ccccc2n1. The Bertz CT molecular complexity index is 513. The first-order valence-corrected chi connectivity index (χ1v) is 4.97. The highest BCUT2D eigenvalue weighted by Gasteiger charge is 2.05. The molecule has 82 valence electrons. The zero-order chi connectivity index (χ0) is 11.4. The molecule has 0 bridgehead atoms. The molecule has 0 saturated heterocycles. The fourth-order valence-corrected chi connectivity index (χ4v) is 1.27. The molecule has 0 aliphatic heterocycles. The Morgan fingerprint density at radius 3 is 3.06 bits per heavy atom. The molecular weight excluding hydrogens is 206 g/mol. The predicted octanol–water partition coefficient (Wildman–Crippen LogP) is 1.74. The normalized spacial score (nSPS) is 10.1. The molecule has 0 unspecified atom stereocenters. The van der Waals surface area contributed by atoms with Crippen molar-refractivity contribution in [3.05, 3.63) is 30.5 Å². The van der Waals surface area contributed by atoms with E-state index in [1.54, 1.807) is 6.20 Å². The molecule has 0 fully saturated rings. The second kappa shape index (κ2) is 4.57. The summed E-state index contributed by atoms with van der Waals surface area (Å²) in [7, 11) is 0. The van der Waals surface area contributed by atoms with Gasteiger partial charge in [-0.25, -0.2) is 9.78 Å². The van der Waals surface area contributed by atoms with Crippen LogP contribution in [0.5, 0.6) is 6.01 Å². The largest absolute Gasteiger partial charge is 0.415 e. The van der Waals surface area contributed by atoms with Crippen molar-refractivity contribution in [3.63, 3.8) is 0 Å². The Kier molecular flexibility index (Phi) is 2.95. The van der Waals surface area contributed by atoms with Gasteiger partial charge in [-0.3, -0.25) is 0 Å². The molecule has 1 aromatic carbocycles. The van der Waals surface area contributed by atoms with Gasteiger partial charge in [0.2, 0.25) is 0 Å². The van der Waals surface area contributed by atoms with Crippen LogP contribution < -0.4 is 10.1 Å². The molecular formula is C11H11N3O2. The van der Waals surface area contributed by atoms with Gasteiger partial charge >= 0.3 is 12.1 Å². The monoisotopic (exact) mass is 217 g/mol. The number of amides is 1. The van der Waals surface area contributed by atoms with Gasteiger partial charge in [-0.05, 0) is 13.0 Å². The minimum Gasteiger partial charge on any atom is -0.374 e. The van der Waals surface area contributed by atoms with Crippen LogP contribution in [0.1, 0.15) is 6.92 Å². The number of para-hydroxylation sites is 1. The molecule has 0 spiro atoms. The zero-order valence-corrected chi connectivity index (χ0v) is 8.80. The van der Waals surface area contributed by atoms with Gasteiger partial charge in [-0.2, -0.15) is 4.98 Å². The van der Waals surface area contributed by atoms with Crippen LogP contribution in [-0.2, 0) is 0 Å². The molecule has 1 heterocycles. The van der Waals surface area contributed by atoms with E-state index in [9.17, 15) is 4.79 Å². The van der Waals surface area contributed by atoms with Crippen LogP contribution in [0.4, 0.5) is 4.79 Å². The van der Waals surface area contributed by atoms with Gasteiger partial charge in [0.1, 0.15) is 0 Å². The number of nitrogens with one attached hydrogen (secondary N) is 1. The quantitative estimate of drug-likeness (QED) is 0.832. The number of benzene rings is 1. The van der Waals surface area contributed by atoms with E-state index < -0.39 is 6.09 Å². The van der Waals surface area contributed by atoms with E-state index in [4.69, 9.17) is 4.74 Å². The number of rotatable bonds is 2. The summed E-state index contributed by atoms with van der Waals surface area (Å²) in [5.41, 5.74) is 0.747. The standard InChI is InChI=1S/C11H11N3O2/c1-2-12-11(15)16-10-13-7-8-5-3-4-6-9(8)14-10/h3-7H,2H2,1H3,(H,12,15). The highest BCUT2D eigenvalue weighted by Crippen LogP contribution is 2.12. The molecule has 0 aliphatic rings. The summed E-state index contributed by atoms with van der Waals surface area (Å²) < 4.78 is 4.89. The summed E-state index contributed by atoms with van der Waals surface area (Å²) in [6.45, 7) is 2.31. The van der Waals surface area contributed by atoms with Gasteiger partial charge in [0.05, 0.1) is 5.52 Å². The minimum atomic E-state index is -0.544. The number of hydrogen-bond donors (Lipinski definition) is 1. The van der Waals surface area contributed by atoms with Gasteiger partial charge < -0.3 is 10.1 Å². The lowest BCUT2D eigenvalue weighted by atomic mass is 10.2. The van der Waals surface area contributed by atoms with Crippen LogP contribution in [0, 0.1) is 0 Å². The third-order valence-corrected chi connectivity index (χ3v) is 1.97. The smallest absolute Gasteiger partial charge is 0.374 e. The van der Waals surface area contributed by atoms with E-state index in [-0.39, 0.29) is 6.01 Å². The van der Waals surface area contributed by atoms with Gasteiger partial charge in [-0.15, -0.1) is 0 Å². The first-order valence-electron chi connectivity index (χ1n) is 4.97. The fourth-order valence-electron chi connectivity index (χ4n) is 1.27. The van der Waals surface area contributed by atoms with E-state index in [0.717, 1.165) is 10.9 Å². The summed E-state index contributed by atoms with van der Waals surface area (Å²) in [6, 6.07) is 7.55. The van der Waals surface area contributed by atoms with Crippen molar-refractivity contribution in [2.24, 2.45) is 0 Å². The molecule has 0 saturated carbocycles. The van der Waals surface area contributed by atoms with Crippen molar-refractivity contribution in [1.29, 1.82) is 0 Å². The summed E-state index contributed by atoms with van der Waals surface area (Å²) >= 11 is 0. The van der Waals surface area contributed by atoms with Crippen LogP contribution in [-0.4, -0.2) is 22.6 Å². The van der Waals surface area contributed by atoms with Crippen molar-refractivity contribution in [3.8, 4) is 6.01 Å². The van der Waals surface area contributed by atoms with Crippen LogP contribution in [0.3, 0.4) is 0 Å². The highest BCUT2D eigenvalue weighted by molar-refractivity contribution is 5.78. The third-order valence-electron chi connectivity index (χ3n) is 1.97. The topological polar surface area (TPSA) is 64.1 Å². The molecule has 1 aromatic heterocycles. The van der Waals surface area contributed by atoms with E-state index in [1.807, 2.05) is 31.2 Å². The molecule has 16 heavy (non-hydrogen) atoms. The highest BCUT2D eigenvalue weighted by atomic mass is 16.6. The third kappa shape index (κ3) is 2.25. The Morgan fingerprint density at radius 2 is 2.25 bits per heavy atom. The maximum absolute atomic E-state index is 11.1. The summed E-state index contributed by atoms with van der Waals surface area (Å²) in [5, 5.41) is 3.41. The molecule has 1 N–H and O–H groups in total. The van der Waals surface area contributed by atoms with Gasteiger partial charge in [-0.1, -0.05) is 18.2 Å². The van der Waals surface area contributed by atoms with Crippen LogP contribution in [0.2, 0.25) is 0 Å². The molecule has 5 heteroatoms. The van der Waals surface area contributed by atoms with E-state index in [0.29, 0.717) is 6.54 Å². The first kappa shape index (κ1) is 10.4. The molecule has 0 radical (unpaired) electrons. The van der Waals surface area contributed by atoms with Crippen molar-refractivity contribution < 1.29 is 9.53 Å². The Hall–Kier alpha value is -2.17. The van der Waals surface area contributed by atoms with Crippen molar-refractivity contribution in [2.75, 3.05) is 6.54 Å². The van der Waals surface area contributed by atoms with Crippen molar-refractivity contribution >= 4 is 17.0 Å². The van der Waals surface area contributed by atoms with Gasteiger partial charge in [0, 0.05) is 18.1 Å². The minimum absolute atomic E-state index is 0.0599. The number of nitrogens with zero attached hydrogens (tertiary/aromatic N) is 2. The summed E-state index contributed by atoms with van der Waals surface area (Å²) in [4.78, 5) is 19.2. The number of aromatic nitrogens is 2. The lowest BCUT2D eigenvalue weighted by molar-refractivity contribution is 0.197. The number of ether oxygens (including phenoxy) is 1. The van der Waals surface area contributed by atoms with E-state index in [2.05, 4.69) is 15.3 Å². The molecule has 1 amide bonds. The Morgan fingerprint density at radius 1 is 1.44 bits per heavy atom. The van der Waals surface area contributed by atoms with Crippen molar-refractivity contribution in [2.45, 2.75) is 6.92 Å². The average Bonchev–Trinajstić information content (AvgIpc) is 2.29. The number of carbonyl (C=O) groups excluding carboxylic acids is 1. The molecule has 0 atom stereocenters. The summed E-state index contributed by atoms with van der Waals surface area (Å²) in [5.74, 6) is 0. The molecule has 0 aliphatic carbocycles. The Balaban J connectivity index is 2.22. The van der Waals surface area contributed by atoms with Crippen LogP contribution in [0.25, 0.3) is 10.9 Å². The first-order chi connectivity index (χ1) is 7.79. The average molecular weight is 217 g/mol.